The predicted octanol–water partition coefficient (Wildman–Crippen LogP) is 3.95. The molecule has 0 saturated carbocycles. The van der Waals surface area contributed by atoms with Crippen LogP contribution in [-0.2, 0) is 9.53 Å². The first-order chi connectivity index (χ1) is 10.2. The van der Waals surface area contributed by atoms with Crippen molar-refractivity contribution in [1.29, 1.82) is 0 Å². The number of Topliss-reactive ketones (excluding diaryl/α,β-unsaturated/α-hetero) is 1. The molecule has 2 aromatic carbocycles. The fraction of sp³-hybridized carbons (Fsp3) is 0.222. The lowest BCUT2D eigenvalue weighted by atomic mass is 10.0. The molecule has 0 aromatic heterocycles. The van der Waals surface area contributed by atoms with Gasteiger partial charge in [0.1, 0.15) is 6.10 Å². The highest BCUT2D eigenvalue weighted by Gasteiger charge is 2.16. The SMILES string of the molecule is CC(=O)O[C@@H](CCC(=O)c1ccccc1)c1ccccc1. The predicted molar refractivity (Wildman–Crippen MR) is 81.0 cm³/mol. The van der Waals surface area contributed by atoms with Gasteiger partial charge in [-0.1, -0.05) is 60.7 Å². The molecular weight excluding hydrogens is 264 g/mol. The van der Waals surface area contributed by atoms with Crippen molar-refractivity contribution in [3.8, 4) is 0 Å². The number of hydrogen-bond donors (Lipinski definition) is 0. The van der Waals surface area contributed by atoms with Gasteiger partial charge in [-0.15, -0.1) is 0 Å². The first-order valence-electron chi connectivity index (χ1n) is 6.97. The number of carbonyl (C=O) groups excluding carboxylic acids is 2. The molecule has 0 aliphatic rings. The highest BCUT2D eigenvalue weighted by molar-refractivity contribution is 5.96. The number of ether oxygens (including phenoxy) is 1. The molecule has 0 aliphatic heterocycles. The van der Waals surface area contributed by atoms with Crippen LogP contribution in [0.25, 0.3) is 0 Å². The normalized spacial score (nSPS) is 11.7. The summed E-state index contributed by atoms with van der Waals surface area (Å²) >= 11 is 0. The minimum Gasteiger partial charge on any atom is -0.458 e. The third kappa shape index (κ3) is 4.56. The Kier molecular flexibility index (Phi) is 5.27. The van der Waals surface area contributed by atoms with Crippen LogP contribution in [0.15, 0.2) is 60.7 Å². The van der Waals surface area contributed by atoms with Crippen LogP contribution in [-0.4, -0.2) is 11.8 Å². The van der Waals surface area contributed by atoms with Crippen molar-refractivity contribution in [2.24, 2.45) is 0 Å². The number of esters is 1. The second-order valence-electron chi connectivity index (χ2n) is 4.84. The molecule has 21 heavy (non-hydrogen) atoms. The second-order valence-corrected chi connectivity index (χ2v) is 4.84. The summed E-state index contributed by atoms with van der Waals surface area (Å²) in [5, 5.41) is 0. The topological polar surface area (TPSA) is 43.4 Å². The van der Waals surface area contributed by atoms with E-state index in [9.17, 15) is 9.59 Å². The maximum absolute atomic E-state index is 12.1. The lowest BCUT2D eigenvalue weighted by Crippen LogP contribution is -2.11. The minimum atomic E-state index is -0.378. The van der Waals surface area contributed by atoms with E-state index in [0.717, 1.165) is 5.56 Å². The van der Waals surface area contributed by atoms with Crippen LogP contribution in [0.3, 0.4) is 0 Å². The summed E-state index contributed by atoms with van der Waals surface area (Å²) in [6.45, 7) is 1.38. The van der Waals surface area contributed by atoms with Crippen molar-refractivity contribution < 1.29 is 14.3 Å². The Morgan fingerprint density at radius 3 is 2.10 bits per heavy atom. The van der Waals surface area contributed by atoms with Gasteiger partial charge in [-0.2, -0.15) is 0 Å². The van der Waals surface area contributed by atoms with Gasteiger partial charge in [-0.3, -0.25) is 9.59 Å². The van der Waals surface area contributed by atoms with Gasteiger partial charge in [0.15, 0.2) is 5.78 Å². The Morgan fingerprint density at radius 1 is 0.952 bits per heavy atom. The van der Waals surface area contributed by atoms with Crippen LogP contribution in [0.2, 0.25) is 0 Å². The van der Waals surface area contributed by atoms with Crippen LogP contribution < -0.4 is 0 Å². The monoisotopic (exact) mass is 282 g/mol. The molecule has 0 saturated heterocycles. The van der Waals surface area contributed by atoms with Crippen LogP contribution in [0.4, 0.5) is 0 Å². The molecule has 1 atom stereocenters. The fourth-order valence-electron chi connectivity index (χ4n) is 2.19. The molecule has 3 nitrogen and oxygen atoms in total. The van der Waals surface area contributed by atoms with E-state index >= 15 is 0 Å². The van der Waals surface area contributed by atoms with Gasteiger partial charge in [0, 0.05) is 18.9 Å². The van der Waals surface area contributed by atoms with Gasteiger partial charge >= 0.3 is 5.97 Å². The Labute approximate surface area is 124 Å². The standard InChI is InChI=1S/C18H18O3/c1-14(19)21-18(16-10-6-3-7-11-16)13-12-17(20)15-8-4-2-5-9-15/h2-11,18H,12-13H2,1H3/t18-/m0/s1. The van der Waals surface area contributed by atoms with Crippen LogP contribution >= 0.6 is 0 Å². The third-order valence-corrected chi connectivity index (χ3v) is 3.21. The molecule has 108 valence electrons. The number of rotatable bonds is 6. The third-order valence-electron chi connectivity index (χ3n) is 3.21. The molecule has 3 heteroatoms. The number of carbonyl (C=O) groups is 2. The van der Waals surface area contributed by atoms with E-state index in [0.29, 0.717) is 18.4 Å². The average Bonchev–Trinajstić information content (AvgIpc) is 2.52. The van der Waals surface area contributed by atoms with E-state index in [1.807, 2.05) is 48.5 Å². The molecule has 0 N–H and O–H groups in total. The minimum absolute atomic E-state index is 0.0590. The lowest BCUT2D eigenvalue weighted by molar-refractivity contribution is -0.147. The Bertz CT molecular complexity index is 590. The molecule has 0 unspecified atom stereocenters. The second kappa shape index (κ2) is 7.39. The van der Waals surface area contributed by atoms with Crippen LogP contribution in [0.5, 0.6) is 0 Å². The average molecular weight is 282 g/mol. The van der Waals surface area contributed by atoms with E-state index in [-0.39, 0.29) is 17.9 Å². The molecule has 0 fully saturated rings. The Balaban J connectivity index is 2.03. The van der Waals surface area contributed by atoms with Crippen molar-refractivity contribution in [3.05, 3.63) is 71.8 Å². The summed E-state index contributed by atoms with van der Waals surface area (Å²) in [7, 11) is 0. The van der Waals surface area contributed by atoms with E-state index < -0.39 is 0 Å². The molecule has 0 aliphatic carbocycles. The first kappa shape index (κ1) is 15.0. The van der Waals surface area contributed by atoms with Crippen molar-refractivity contribution in [1.82, 2.24) is 0 Å². The molecule has 0 radical (unpaired) electrons. The van der Waals surface area contributed by atoms with Gasteiger partial charge in [-0.05, 0) is 12.0 Å². The number of hydrogen-bond acceptors (Lipinski definition) is 3. The van der Waals surface area contributed by atoms with Gasteiger partial charge in [0.05, 0.1) is 0 Å². The summed E-state index contributed by atoms with van der Waals surface area (Å²) in [5.41, 5.74) is 1.60. The zero-order valence-electron chi connectivity index (χ0n) is 12.0. The van der Waals surface area contributed by atoms with Crippen LogP contribution in [0.1, 0.15) is 41.8 Å². The highest BCUT2D eigenvalue weighted by Crippen LogP contribution is 2.23. The summed E-state index contributed by atoms with van der Waals surface area (Å²) in [4.78, 5) is 23.4. The Morgan fingerprint density at radius 2 is 1.52 bits per heavy atom. The van der Waals surface area contributed by atoms with Gasteiger partial charge in [-0.25, -0.2) is 0 Å². The van der Waals surface area contributed by atoms with Gasteiger partial charge < -0.3 is 4.74 Å². The molecule has 0 spiro atoms. The molecule has 0 heterocycles. The van der Waals surface area contributed by atoms with E-state index in [4.69, 9.17) is 4.74 Å². The molecule has 0 amide bonds. The van der Waals surface area contributed by atoms with Crippen molar-refractivity contribution in [2.75, 3.05) is 0 Å². The van der Waals surface area contributed by atoms with Crippen molar-refractivity contribution in [2.45, 2.75) is 25.9 Å². The maximum atomic E-state index is 12.1. The largest absolute Gasteiger partial charge is 0.458 e. The summed E-state index contributed by atoms with van der Waals surface area (Å²) < 4.78 is 5.33. The first-order valence-corrected chi connectivity index (χ1v) is 6.97. The lowest BCUT2D eigenvalue weighted by Gasteiger charge is -2.17. The molecular formula is C18H18O3. The highest BCUT2D eigenvalue weighted by atomic mass is 16.5. The Hall–Kier alpha value is -2.42. The zero-order chi connectivity index (χ0) is 15.1. The smallest absolute Gasteiger partial charge is 0.303 e. The molecule has 2 aromatic rings. The zero-order valence-corrected chi connectivity index (χ0v) is 12.0. The summed E-state index contributed by atoms with van der Waals surface area (Å²) in [6.07, 6.45) is 0.449. The number of ketones is 1. The van der Waals surface area contributed by atoms with E-state index in [1.165, 1.54) is 6.92 Å². The summed E-state index contributed by atoms with van der Waals surface area (Å²) in [5.74, 6) is -0.278. The fourth-order valence-corrected chi connectivity index (χ4v) is 2.19. The maximum Gasteiger partial charge on any atom is 0.303 e. The van der Waals surface area contributed by atoms with Crippen LogP contribution in [0, 0.1) is 0 Å². The van der Waals surface area contributed by atoms with Crippen molar-refractivity contribution >= 4 is 11.8 Å². The van der Waals surface area contributed by atoms with E-state index in [1.54, 1.807) is 12.1 Å². The molecule has 2 rings (SSSR count). The van der Waals surface area contributed by atoms with E-state index in [2.05, 4.69) is 0 Å². The van der Waals surface area contributed by atoms with Gasteiger partial charge in [0.25, 0.3) is 0 Å². The van der Waals surface area contributed by atoms with Crippen molar-refractivity contribution in [3.63, 3.8) is 0 Å². The quantitative estimate of drug-likeness (QED) is 0.595. The number of benzene rings is 2. The molecule has 0 bridgehead atoms. The van der Waals surface area contributed by atoms with Gasteiger partial charge in [0.2, 0.25) is 0 Å². The summed E-state index contributed by atoms with van der Waals surface area (Å²) in [6, 6.07) is 18.7.